The zero-order chi connectivity index (χ0) is 25.8. The monoisotopic (exact) mass is 522 g/mol. The number of carbonyl (C=O) groups excluding carboxylic acids is 2. The predicted octanol–water partition coefficient (Wildman–Crippen LogP) is 6.52. The van der Waals surface area contributed by atoms with Gasteiger partial charge in [-0.2, -0.15) is 11.8 Å². The maximum absolute atomic E-state index is 13.7. The van der Waals surface area contributed by atoms with Gasteiger partial charge in [-0.1, -0.05) is 97.4 Å². The second-order valence-electron chi connectivity index (χ2n) is 8.92. The van der Waals surface area contributed by atoms with Crippen LogP contribution in [0.15, 0.2) is 84.9 Å². The van der Waals surface area contributed by atoms with Crippen LogP contribution in [0.2, 0.25) is 5.02 Å². The highest BCUT2D eigenvalue weighted by molar-refractivity contribution is 7.98. The predicted molar refractivity (Wildman–Crippen MR) is 151 cm³/mol. The molecule has 0 aliphatic carbocycles. The third-order valence-electron chi connectivity index (χ3n) is 6.14. The molecule has 3 aromatic rings. The highest BCUT2D eigenvalue weighted by Crippen LogP contribution is 2.22. The standard InChI is InChI=1S/C30H35ClN2O2S/c1-3-23(2)32-30(35)28(20-24-12-6-4-7-13-24)33(21-26-16-10-11-17-27(26)31)29(34)18-19-36-22-25-14-8-5-9-15-25/h4-17,23,28H,3,18-22H2,1-2H3,(H,32,35)/t23-,28-/m1/s1. The molecule has 36 heavy (non-hydrogen) atoms. The summed E-state index contributed by atoms with van der Waals surface area (Å²) < 4.78 is 0. The molecular formula is C30H35ClN2O2S. The molecule has 0 heterocycles. The van der Waals surface area contributed by atoms with Crippen molar-refractivity contribution in [1.82, 2.24) is 10.2 Å². The molecule has 1 N–H and O–H groups in total. The van der Waals surface area contributed by atoms with Gasteiger partial charge < -0.3 is 10.2 Å². The average Bonchev–Trinajstić information content (AvgIpc) is 2.90. The molecule has 3 rings (SSSR count). The topological polar surface area (TPSA) is 49.4 Å². The molecule has 3 aromatic carbocycles. The molecule has 0 radical (unpaired) electrons. The van der Waals surface area contributed by atoms with Crippen molar-refractivity contribution in [2.75, 3.05) is 5.75 Å². The molecule has 0 saturated carbocycles. The van der Waals surface area contributed by atoms with Crippen molar-refractivity contribution in [3.63, 3.8) is 0 Å². The molecule has 0 aliphatic heterocycles. The molecule has 6 heteroatoms. The Hall–Kier alpha value is -2.76. The number of amides is 2. The van der Waals surface area contributed by atoms with Crippen LogP contribution in [0.25, 0.3) is 0 Å². The SMILES string of the molecule is CC[C@@H](C)NC(=O)[C@@H](Cc1ccccc1)N(Cc1ccccc1Cl)C(=O)CCSCc1ccccc1. The van der Waals surface area contributed by atoms with Crippen molar-refractivity contribution in [1.29, 1.82) is 0 Å². The Kier molecular flexibility index (Phi) is 11.4. The van der Waals surface area contributed by atoms with Crippen molar-refractivity contribution in [2.45, 2.75) is 57.5 Å². The fraction of sp³-hybridized carbons (Fsp3) is 0.333. The Labute approximate surface area is 224 Å². The lowest BCUT2D eigenvalue weighted by Gasteiger charge is -2.32. The zero-order valence-corrected chi connectivity index (χ0v) is 22.6. The third kappa shape index (κ3) is 8.72. The Balaban J connectivity index is 1.81. The van der Waals surface area contributed by atoms with Crippen LogP contribution in [0.5, 0.6) is 0 Å². The first-order valence-corrected chi connectivity index (χ1v) is 14.0. The van der Waals surface area contributed by atoms with Crippen molar-refractivity contribution >= 4 is 35.2 Å². The number of rotatable bonds is 13. The summed E-state index contributed by atoms with van der Waals surface area (Å²) in [5.41, 5.74) is 3.08. The van der Waals surface area contributed by atoms with Crippen LogP contribution in [0.3, 0.4) is 0 Å². The van der Waals surface area contributed by atoms with Crippen molar-refractivity contribution < 1.29 is 9.59 Å². The number of benzene rings is 3. The normalized spacial score (nSPS) is 12.5. The Bertz CT molecular complexity index is 1090. The van der Waals surface area contributed by atoms with E-state index in [4.69, 9.17) is 11.6 Å². The van der Waals surface area contributed by atoms with Gasteiger partial charge in [0, 0.05) is 42.0 Å². The number of nitrogens with zero attached hydrogens (tertiary/aromatic N) is 1. The van der Waals surface area contributed by atoms with Crippen LogP contribution in [0.1, 0.15) is 43.4 Å². The minimum atomic E-state index is -0.635. The second-order valence-corrected chi connectivity index (χ2v) is 10.4. The van der Waals surface area contributed by atoms with E-state index in [1.807, 2.05) is 86.6 Å². The smallest absolute Gasteiger partial charge is 0.243 e. The van der Waals surface area contributed by atoms with Crippen LogP contribution in [0, 0.1) is 0 Å². The average molecular weight is 523 g/mol. The molecule has 0 fully saturated rings. The first kappa shape index (κ1) is 27.8. The summed E-state index contributed by atoms with van der Waals surface area (Å²) in [6.45, 7) is 4.30. The quantitative estimate of drug-likeness (QED) is 0.260. The zero-order valence-electron chi connectivity index (χ0n) is 21.0. The Morgan fingerprint density at radius 1 is 0.917 bits per heavy atom. The van der Waals surface area contributed by atoms with E-state index >= 15 is 0 Å². The molecule has 2 amide bonds. The van der Waals surface area contributed by atoms with E-state index in [0.717, 1.165) is 23.3 Å². The van der Waals surface area contributed by atoms with E-state index < -0.39 is 6.04 Å². The lowest BCUT2D eigenvalue weighted by atomic mass is 10.0. The molecule has 0 unspecified atom stereocenters. The fourth-order valence-electron chi connectivity index (χ4n) is 3.87. The Morgan fingerprint density at radius 2 is 1.53 bits per heavy atom. The molecular weight excluding hydrogens is 488 g/mol. The number of thioether (sulfide) groups is 1. The number of nitrogens with one attached hydrogen (secondary N) is 1. The van der Waals surface area contributed by atoms with Crippen LogP contribution in [-0.2, 0) is 28.3 Å². The maximum atomic E-state index is 13.7. The maximum Gasteiger partial charge on any atom is 0.243 e. The highest BCUT2D eigenvalue weighted by Gasteiger charge is 2.31. The summed E-state index contributed by atoms with van der Waals surface area (Å²) in [6, 6.07) is 27.0. The molecule has 0 aromatic heterocycles. The summed E-state index contributed by atoms with van der Waals surface area (Å²) in [6.07, 6.45) is 1.61. The van der Waals surface area contributed by atoms with E-state index in [-0.39, 0.29) is 24.4 Å². The van der Waals surface area contributed by atoms with Gasteiger partial charge >= 0.3 is 0 Å². The molecule has 4 nitrogen and oxygen atoms in total. The summed E-state index contributed by atoms with van der Waals surface area (Å²) in [5, 5.41) is 3.70. The summed E-state index contributed by atoms with van der Waals surface area (Å²) in [7, 11) is 0. The second kappa shape index (κ2) is 14.7. The molecule has 0 spiro atoms. The number of hydrogen-bond donors (Lipinski definition) is 1. The van der Waals surface area contributed by atoms with Crippen LogP contribution >= 0.6 is 23.4 Å². The van der Waals surface area contributed by atoms with Gasteiger partial charge in [-0.05, 0) is 36.1 Å². The van der Waals surface area contributed by atoms with Crippen molar-refractivity contribution in [2.24, 2.45) is 0 Å². The van der Waals surface area contributed by atoms with Crippen molar-refractivity contribution in [3.05, 3.63) is 107 Å². The fourth-order valence-corrected chi connectivity index (χ4v) is 4.96. The van der Waals surface area contributed by atoms with Crippen LogP contribution < -0.4 is 5.32 Å². The third-order valence-corrected chi connectivity index (χ3v) is 7.54. The molecule has 2 atom stereocenters. The van der Waals surface area contributed by atoms with Gasteiger partial charge in [-0.3, -0.25) is 9.59 Å². The number of carbonyl (C=O) groups is 2. The minimum Gasteiger partial charge on any atom is -0.352 e. The van der Waals surface area contributed by atoms with Gasteiger partial charge in [0.25, 0.3) is 0 Å². The summed E-state index contributed by atoms with van der Waals surface area (Å²) in [4.78, 5) is 28.9. The van der Waals surface area contributed by atoms with Gasteiger partial charge in [-0.15, -0.1) is 0 Å². The number of halogens is 1. The summed E-state index contributed by atoms with van der Waals surface area (Å²) in [5.74, 6) is 1.35. The van der Waals surface area contributed by atoms with E-state index in [2.05, 4.69) is 17.4 Å². The van der Waals surface area contributed by atoms with Crippen LogP contribution in [-0.4, -0.2) is 34.6 Å². The van der Waals surface area contributed by atoms with E-state index in [1.54, 1.807) is 16.7 Å². The van der Waals surface area contributed by atoms with Gasteiger partial charge in [0.15, 0.2) is 0 Å². The number of hydrogen-bond acceptors (Lipinski definition) is 3. The molecule has 0 bridgehead atoms. The first-order chi connectivity index (χ1) is 17.5. The van der Waals surface area contributed by atoms with Gasteiger partial charge in [0.1, 0.15) is 6.04 Å². The van der Waals surface area contributed by atoms with Gasteiger partial charge in [0.2, 0.25) is 11.8 Å². The first-order valence-electron chi connectivity index (χ1n) is 12.5. The highest BCUT2D eigenvalue weighted by atomic mass is 35.5. The summed E-state index contributed by atoms with van der Waals surface area (Å²) >= 11 is 8.20. The lowest BCUT2D eigenvalue weighted by molar-refractivity contribution is -0.141. The molecule has 0 saturated heterocycles. The van der Waals surface area contributed by atoms with E-state index in [0.29, 0.717) is 23.6 Å². The largest absolute Gasteiger partial charge is 0.352 e. The van der Waals surface area contributed by atoms with E-state index in [1.165, 1.54) is 5.56 Å². The van der Waals surface area contributed by atoms with Crippen molar-refractivity contribution in [3.8, 4) is 0 Å². The van der Waals surface area contributed by atoms with Gasteiger partial charge in [-0.25, -0.2) is 0 Å². The van der Waals surface area contributed by atoms with E-state index in [9.17, 15) is 9.59 Å². The van der Waals surface area contributed by atoms with Crippen LogP contribution in [0.4, 0.5) is 0 Å². The Morgan fingerprint density at radius 3 is 2.17 bits per heavy atom. The minimum absolute atomic E-state index is 0.0227. The molecule has 0 aliphatic rings. The lowest BCUT2D eigenvalue weighted by Crippen LogP contribution is -2.52. The van der Waals surface area contributed by atoms with Gasteiger partial charge in [0.05, 0.1) is 0 Å². The molecule has 190 valence electrons.